The maximum atomic E-state index is 8.68. The molecule has 0 spiro atoms. The number of rotatable bonds is 4. The van der Waals surface area contributed by atoms with E-state index < -0.39 is 0 Å². The molecule has 24 heavy (non-hydrogen) atoms. The third kappa shape index (κ3) is 2.98. The molecule has 2 aromatic carbocycles. The lowest BCUT2D eigenvalue weighted by molar-refractivity contribution is 0.318. The normalized spacial score (nSPS) is 11.4. The van der Waals surface area contributed by atoms with Gasteiger partial charge in [0.2, 0.25) is 0 Å². The molecular formula is C18H16N4O2. The Labute approximate surface area is 138 Å². The maximum absolute atomic E-state index is 8.68. The average Bonchev–Trinajstić information content (AvgIpc) is 3.11. The summed E-state index contributed by atoms with van der Waals surface area (Å²) < 4.78 is 5.89. The number of nitrogens with zero attached hydrogens (tertiary/aromatic N) is 1. The fraction of sp³-hybridized carbons (Fsp3) is 0. The standard InChI is InChI=1S/C18H16N4O2/c19-17(20)13-5-1-11(2-6-13)15-9-10-16(24-15)12-3-7-14(8-4-12)18(21)22-23/h1-10,23H,(H3,19,20)(H2,21,22). The Bertz CT molecular complexity index is 894. The van der Waals surface area contributed by atoms with E-state index in [1.165, 1.54) is 0 Å². The van der Waals surface area contributed by atoms with Crippen LogP contribution in [0.5, 0.6) is 0 Å². The minimum Gasteiger partial charge on any atom is -0.456 e. The first-order valence-electron chi connectivity index (χ1n) is 7.21. The SMILES string of the molecule is N=C(N)c1ccc(-c2ccc(-c3ccc(/C(N)=N/O)cc3)o2)cc1. The largest absolute Gasteiger partial charge is 0.456 e. The van der Waals surface area contributed by atoms with E-state index in [1.54, 1.807) is 24.3 Å². The number of nitrogen functional groups attached to an aromatic ring is 1. The molecule has 0 unspecified atom stereocenters. The Morgan fingerprint density at radius 1 is 0.792 bits per heavy atom. The molecule has 0 fully saturated rings. The van der Waals surface area contributed by atoms with Gasteiger partial charge in [0.15, 0.2) is 5.84 Å². The summed E-state index contributed by atoms with van der Waals surface area (Å²) in [6, 6.07) is 18.3. The summed E-state index contributed by atoms with van der Waals surface area (Å²) in [5.74, 6) is 1.53. The van der Waals surface area contributed by atoms with E-state index in [2.05, 4.69) is 5.16 Å². The van der Waals surface area contributed by atoms with Crippen LogP contribution >= 0.6 is 0 Å². The van der Waals surface area contributed by atoms with Crippen LogP contribution in [0.4, 0.5) is 0 Å². The first kappa shape index (κ1) is 15.4. The molecule has 0 amide bonds. The monoisotopic (exact) mass is 320 g/mol. The Morgan fingerprint density at radius 2 is 1.25 bits per heavy atom. The van der Waals surface area contributed by atoms with Gasteiger partial charge in [-0.15, -0.1) is 0 Å². The van der Waals surface area contributed by atoms with Crippen LogP contribution in [0.3, 0.4) is 0 Å². The van der Waals surface area contributed by atoms with Gasteiger partial charge in [0.1, 0.15) is 17.4 Å². The van der Waals surface area contributed by atoms with Gasteiger partial charge in [-0.1, -0.05) is 53.7 Å². The molecule has 0 bridgehead atoms. The molecule has 3 aromatic rings. The fourth-order valence-electron chi connectivity index (χ4n) is 2.33. The molecule has 0 aliphatic rings. The van der Waals surface area contributed by atoms with Crippen molar-refractivity contribution in [1.29, 1.82) is 5.41 Å². The van der Waals surface area contributed by atoms with Crippen LogP contribution in [0.2, 0.25) is 0 Å². The third-order valence-electron chi connectivity index (χ3n) is 3.66. The third-order valence-corrected chi connectivity index (χ3v) is 3.66. The van der Waals surface area contributed by atoms with Crippen LogP contribution in [0.25, 0.3) is 22.6 Å². The zero-order valence-electron chi connectivity index (χ0n) is 12.7. The summed E-state index contributed by atoms with van der Waals surface area (Å²) in [7, 11) is 0. The number of furan rings is 1. The molecule has 0 saturated heterocycles. The van der Waals surface area contributed by atoms with Gasteiger partial charge in [-0.3, -0.25) is 5.41 Å². The van der Waals surface area contributed by atoms with Gasteiger partial charge >= 0.3 is 0 Å². The lowest BCUT2D eigenvalue weighted by Gasteiger charge is -2.02. The zero-order chi connectivity index (χ0) is 17.1. The maximum Gasteiger partial charge on any atom is 0.170 e. The minimum absolute atomic E-state index is 0.0347. The molecule has 6 nitrogen and oxygen atoms in total. The molecule has 6 heteroatoms. The lowest BCUT2D eigenvalue weighted by Crippen LogP contribution is -2.12. The second-order valence-electron chi connectivity index (χ2n) is 5.22. The molecule has 1 aromatic heterocycles. The van der Waals surface area contributed by atoms with E-state index >= 15 is 0 Å². The van der Waals surface area contributed by atoms with Crippen molar-refractivity contribution in [3.05, 3.63) is 71.8 Å². The highest BCUT2D eigenvalue weighted by Crippen LogP contribution is 2.28. The molecule has 0 atom stereocenters. The zero-order valence-corrected chi connectivity index (χ0v) is 12.7. The summed E-state index contributed by atoms with van der Waals surface area (Å²) in [5, 5.41) is 19.1. The van der Waals surface area contributed by atoms with Crippen LogP contribution < -0.4 is 11.5 Å². The van der Waals surface area contributed by atoms with Crippen LogP contribution in [0, 0.1) is 5.41 Å². The first-order chi connectivity index (χ1) is 11.6. The smallest absolute Gasteiger partial charge is 0.170 e. The molecule has 0 saturated carbocycles. The quantitative estimate of drug-likeness (QED) is 0.255. The Morgan fingerprint density at radius 3 is 1.67 bits per heavy atom. The summed E-state index contributed by atoms with van der Waals surface area (Å²) >= 11 is 0. The van der Waals surface area contributed by atoms with Crippen molar-refractivity contribution in [2.45, 2.75) is 0 Å². The summed E-state index contributed by atoms with van der Waals surface area (Å²) in [5.41, 5.74) is 14.1. The topological polar surface area (TPSA) is 122 Å². The Kier molecular flexibility index (Phi) is 4.03. The van der Waals surface area contributed by atoms with E-state index in [4.69, 9.17) is 26.5 Å². The van der Waals surface area contributed by atoms with Crippen molar-refractivity contribution < 1.29 is 9.62 Å². The van der Waals surface area contributed by atoms with Gasteiger partial charge in [-0.2, -0.15) is 0 Å². The number of amidine groups is 2. The van der Waals surface area contributed by atoms with Crippen molar-refractivity contribution in [2.75, 3.05) is 0 Å². The Hall–Kier alpha value is -3.54. The van der Waals surface area contributed by atoms with Gasteiger partial charge in [0, 0.05) is 22.3 Å². The molecular weight excluding hydrogens is 304 g/mol. The summed E-state index contributed by atoms with van der Waals surface area (Å²) in [6.07, 6.45) is 0. The number of oxime groups is 1. The average molecular weight is 320 g/mol. The van der Waals surface area contributed by atoms with Gasteiger partial charge in [-0.25, -0.2) is 0 Å². The van der Waals surface area contributed by atoms with E-state index in [0.29, 0.717) is 16.9 Å². The van der Waals surface area contributed by atoms with Gasteiger partial charge < -0.3 is 21.1 Å². The van der Waals surface area contributed by atoms with Crippen molar-refractivity contribution in [1.82, 2.24) is 0 Å². The molecule has 120 valence electrons. The van der Waals surface area contributed by atoms with Gasteiger partial charge in [-0.05, 0) is 12.1 Å². The molecule has 0 aliphatic heterocycles. The fourth-order valence-corrected chi connectivity index (χ4v) is 2.33. The van der Waals surface area contributed by atoms with Crippen LogP contribution in [-0.2, 0) is 0 Å². The highest BCUT2D eigenvalue weighted by molar-refractivity contribution is 5.97. The minimum atomic E-state index is 0.0347. The van der Waals surface area contributed by atoms with Crippen LogP contribution in [0.15, 0.2) is 70.2 Å². The van der Waals surface area contributed by atoms with Crippen molar-refractivity contribution in [2.24, 2.45) is 16.6 Å². The second-order valence-corrected chi connectivity index (χ2v) is 5.22. The molecule has 0 radical (unpaired) electrons. The second kappa shape index (κ2) is 6.29. The predicted octanol–water partition coefficient (Wildman–Crippen LogP) is 2.99. The van der Waals surface area contributed by atoms with E-state index in [1.807, 2.05) is 36.4 Å². The molecule has 0 aliphatic carbocycles. The molecule has 6 N–H and O–H groups in total. The van der Waals surface area contributed by atoms with Crippen molar-refractivity contribution >= 4 is 11.7 Å². The lowest BCUT2D eigenvalue weighted by atomic mass is 10.1. The van der Waals surface area contributed by atoms with Gasteiger partial charge in [0.05, 0.1) is 0 Å². The van der Waals surface area contributed by atoms with Crippen molar-refractivity contribution in [3.63, 3.8) is 0 Å². The number of hydrogen-bond donors (Lipinski definition) is 4. The van der Waals surface area contributed by atoms with E-state index in [9.17, 15) is 0 Å². The molecule has 3 rings (SSSR count). The van der Waals surface area contributed by atoms with Crippen molar-refractivity contribution in [3.8, 4) is 22.6 Å². The van der Waals surface area contributed by atoms with Crippen LogP contribution in [-0.4, -0.2) is 16.9 Å². The highest BCUT2D eigenvalue weighted by Gasteiger charge is 2.08. The summed E-state index contributed by atoms with van der Waals surface area (Å²) in [6.45, 7) is 0. The Balaban J connectivity index is 1.86. The first-order valence-corrected chi connectivity index (χ1v) is 7.21. The molecule has 1 heterocycles. The van der Waals surface area contributed by atoms with E-state index in [-0.39, 0.29) is 11.7 Å². The number of nitrogens with two attached hydrogens (primary N) is 2. The van der Waals surface area contributed by atoms with Crippen LogP contribution in [0.1, 0.15) is 11.1 Å². The van der Waals surface area contributed by atoms with Gasteiger partial charge in [0.25, 0.3) is 0 Å². The number of benzene rings is 2. The number of hydrogen-bond acceptors (Lipinski definition) is 4. The summed E-state index contributed by atoms with van der Waals surface area (Å²) in [4.78, 5) is 0. The predicted molar refractivity (Wildman–Crippen MR) is 93.1 cm³/mol. The highest BCUT2D eigenvalue weighted by atomic mass is 16.4. The number of nitrogens with one attached hydrogen (secondary N) is 1. The van der Waals surface area contributed by atoms with E-state index in [0.717, 1.165) is 16.9 Å².